The van der Waals surface area contributed by atoms with Crippen molar-refractivity contribution in [3.8, 4) is 12.3 Å². The van der Waals surface area contributed by atoms with Gasteiger partial charge in [0.1, 0.15) is 5.69 Å². The molecule has 0 atom stereocenters. The van der Waals surface area contributed by atoms with Crippen LogP contribution in [0.4, 0.5) is 0 Å². The number of pyridine rings is 1. The van der Waals surface area contributed by atoms with Crippen LogP contribution >= 0.6 is 11.6 Å². The Morgan fingerprint density at radius 2 is 2.50 bits per heavy atom. The number of hydrogen-bond acceptors (Lipinski definition) is 2. The summed E-state index contributed by atoms with van der Waals surface area (Å²) in [6.45, 7) is 0.257. The van der Waals surface area contributed by atoms with Crippen molar-refractivity contribution >= 4 is 17.5 Å². The molecule has 1 aromatic rings. The summed E-state index contributed by atoms with van der Waals surface area (Å²) in [5.41, 5.74) is 0.301. The fourth-order valence-electron chi connectivity index (χ4n) is 0.926. The van der Waals surface area contributed by atoms with Gasteiger partial charge in [0.2, 0.25) is 0 Å². The highest BCUT2D eigenvalue weighted by Crippen LogP contribution is 2.09. The molecule has 0 aliphatic carbocycles. The summed E-state index contributed by atoms with van der Waals surface area (Å²) in [6, 6.07) is 3.12. The molecule has 1 rings (SSSR count). The molecule has 0 spiro atoms. The zero-order valence-electron chi connectivity index (χ0n) is 7.70. The zero-order chi connectivity index (χ0) is 10.6. The lowest BCUT2D eigenvalue weighted by molar-refractivity contribution is 0.0807. The zero-order valence-corrected chi connectivity index (χ0v) is 8.45. The Morgan fingerprint density at radius 3 is 3.07 bits per heavy atom. The Kier molecular flexibility index (Phi) is 3.49. The van der Waals surface area contributed by atoms with Crippen LogP contribution in [0.25, 0.3) is 0 Å². The highest BCUT2D eigenvalue weighted by atomic mass is 35.5. The molecule has 1 amide bonds. The van der Waals surface area contributed by atoms with Gasteiger partial charge < -0.3 is 4.90 Å². The Bertz CT molecular complexity index is 384. The smallest absolute Gasteiger partial charge is 0.273 e. The molecule has 0 unspecified atom stereocenters. The van der Waals surface area contributed by atoms with E-state index in [1.54, 1.807) is 13.1 Å². The fraction of sp³-hybridized carbons (Fsp3) is 0.200. The van der Waals surface area contributed by atoms with E-state index in [4.69, 9.17) is 18.0 Å². The second kappa shape index (κ2) is 4.64. The lowest BCUT2D eigenvalue weighted by Gasteiger charge is -2.12. The molecule has 0 bridgehead atoms. The van der Waals surface area contributed by atoms with Crippen molar-refractivity contribution in [2.45, 2.75) is 0 Å². The topological polar surface area (TPSA) is 33.2 Å². The van der Waals surface area contributed by atoms with Crippen molar-refractivity contribution in [3.05, 3.63) is 29.0 Å². The van der Waals surface area contributed by atoms with Crippen molar-refractivity contribution in [2.75, 3.05) is 13.6 Å². The van der Waals surface area contributed by atoms with Gasteiger partial charge in [-0.05, 0) is 12.1 Å². The highest BCUT2D eigenvalue weighted by Gasteiger charge is 2.11. The quantitative estimate of drug-likeness (QED) is 0.690. The molecule has 0 fully saturated rings. The van der Waals surface area contributed by atoms with E-state index in [1.807, 2.05) is 0 Å². The third-order valence-corrected chi connectivity index (χ3v) is 1.85. The molecule has 0 saturated heterocycles. The highest BCUT2D eigenvalue weighted by molar-refractivity contribution is 6.30. The molecule has 3 nitrogen and oxygen atoms in total. The Morgan fingerprint density at radius 1 is 1.79 bits per heavy atom. The van der Waals surface area contributed by atoms with Crippen LogP contribution in [0.1, 0.15) is 10.5 Å². The van der Waals surface area contributed by atoms with E-state index in [9.17, 15) is 4.79 Å². The average Bonchev–Trinajstić information content (AvgIpc) is 2.17. The summed E-state index contributed by atoms with van der Waals surface area (Å²) in [4.78, 5) is 16.9. The minimum absolute atomic E-state index is 0.231. The molecule has 0 aliphatic rings. The largest absolute Gasteiger partial charge is 0.329 e. The first-order valence-corrected chi connectivity index (χ1v) is 4.33. The number of nitrogens with zero attached hydrogens (tertiary/aromatic N) is 2. The molecule has 0 radical (unpaired) electrons. The first-order chi connectivity index (χ1) is 6.65. The van der Waals surface area contributed by atoms with Gasteiger partial charge in [-0.1, -0.05) is 17.5 Å². The minimum atomic E-state index is -0.231. The van der Waals surface area contributed by atoms with Crippen molar-refractivity contribution < 1.29 is 4.79 Å². The first kappa shape index (κ1) is 10.6. The van der Waals surface area contributed by atoms with Gasteiger partial charge >= 0.3 is 0 Å². The van der Waals surface area contributed by atoms with Crippen LogP contribution in [-0.4, -0.2) is 29.4 Å². The van der Waals surface area contributed by atoms with Crippen LogP contribution in [-0.2, 0) is 0 Å². The fourth-order valence-corrected chi connectivity index (χ4v) is 1.09. The molecule has 0 N–H and O–H groups in total. The lowest BCUT2D eigenvalue weighted by atomic mass is 10.3. The van der Waals surface area contributed by atoms with Gasteiger partial charge in [0.05, 0.1) is 6.54 Å². The summed E-state index contributed by atoms with van der Waals surface area (Å²) in [6.07, 6.45) is 6.57. The maximum Gasteiger partial charge on any atom is 0.273 e. The van der Waals surface area contributed by atoms with Gasteiger partial charge in [0, 0.05) is 18.3 Å². The van der Waals surface area contributed by atoms with E-state index in [0.29, 0.717) is 10.7 Å². The van der Waals surface area contributed by atoms with Crippen molar-refractivity contribution in [1.82, 2.24) is 9.88 Å². The minimum Gasteiger partial charge on any atom is -0.329 e. The van der Waals surface area contributed by atoms with Crippen LogP contribution in [0.2, 0.25) is 5.02 Å². The van der Waals surface area contributed by atoms with E-state index in [0.717, 1.165) is 0 Å². The number of carbonyl (C=O) groups is 1. The summed E-state index contributed by atoms with van der Waals surface area (Å²) in [7, 11) is 1.62. The number of carbonyl (C=O) groups excluding carboxylic acids is 1. The van der Waals surface area contributed by atoms with Gasteiger partial charge in [0.15, 0.2) is 0 Å². The van der Waals surface area contributed by atoms with Crippen molar-refractivity contribution in [3.63, 3.8) is 0 Å². The molecule has 0 saturated carbocycles. The Balaban J connectivity index is 2.85. The molecule has 4 heteroatoms. The predicted octanol–water partition coefficient (Wildman–Crippen LogP) is 1.44. The van der Waals surface area contributed by atoms with Crippen molar-refractivity contribution in [2.24, 2.45) is 0 Å². The van der Waals surface area contributed by atoms with E-state index in [2.05, 4.69) is 10.9 Å². The summed E-state index contributed by atoms with van der Waals surface area (Å²) >= 11 is 5.72. The van der Waals surface area contributed by atoms with Gasteiger partial charge in [-0.2, -0.15) is 0 Å². The number of aromatic nitrogens is 1. The second-order valence-corrected chi connectivity index (χ2v) is 3.16. The van der Waals surface area contributed by atoms with Crippen LogP contribution in [0.3, 0.4) is 0 Å². The summed E-state index contributed by atoms with van der Waals surface area (Å²) < 4.78 is 0. The summed E-state index contributed by atoms with van der Waals surface area (Å²) in [5, 5.41) is 0.484. The van der Waals surface area contributed by atoms with Gasteiger partial charge in [-0.3, -0.25) is 9.78 Å². The van der Waals surface area contributed by atoms with Crippen LogP contribution in [0.15, 0.2) is 18.3 Å². The molecular formula is C10H9ClN2O. The number of terminal acetylenes is 1. The number of hydrogen-bond donors (Lipinski definition) is 0. The molecule has 72 valence electrons. The van der Waals surface area contributed by atoms with Crippen LogP contribution in [0, 0.1) is 12.3 Å². The van der Waals surface area contributed by atoms with E-state index >= 15 is 0 Å². The van der Waals surface area contributed by atoms with Gasteiger partial charge in [-0.15, -0.1) is 6.42 Å². The molecule has 0 aliphatic heterocycles. The average molecular weight is 209 g/mol. The molecule has 0 aromatic carbocycles. The lowest BCUT2D eigenvalue weighted by Crippen LogP contribution is -2.27. The number of rotatable bonds is 2. The van der Waals surface area contributed by atoms with Crippen molar-refractivity contribution in [1.29, 1.82) is 0 Å². The second-order valence-electron chi connectivity index (χ2n) is 2.72. The maximum absolute atomic E-state index is 11.6. The Hall–Kier alpha value is -1.53. The molecule has 1 heterocycles. The summed E-state index contributed by atoms with van der Waals surface area (Å²) in [5.74, 6) is 2.15. The van der Waals surface area contributed by atoms with Gasteiger partial charge in [-0.25, -0.2) is 0 Å². The maximum atomic E-state index is 11.6. The number of amides is 1. The molecular weight excluding hydrogens is 200 g/mol. The normalized spacial score (nSPS) is 9.21. The van der Waals surface area contributed by atoms with Crippen LogP contribution < -0.4 is 0 Å². The molecule has 1 aromatic heterocycles. The standard InChI is InChI=1S/C10H9ClN2O/c1-3-6-13(2)10(14)9-7-8(11)4-5-12-9/h1,4-5,7H,6H2,2H3. The first-order valence-electron chi connectivity index (χ1n) is 3.95. The number of halogens is 1. The SMILES string of the molecule is C#CCN(C)C(=O)c1cc(Cl)ccn1. The molecule has 14 heavy (non-hydrogen) atoms. The monoisotopic (exact) mass is 208 g/mol. The van der Waals surface area contributed by atoms with E-state index < -0.39 is 0 Å². The third-order valence-electron chi connectivity index (χ3n) is 1.62. The Labute approximate surface area is 87.7 Å². The third kappa shape index (κ3) is 2.48. The van der Waals surface area contributed by atoms with E-state index in [-0.39, 0.29) is 12.5 Å². The predicted molar refractivity (Wildman–Crippen MR) is 55.0 cm³/mol. The van der Waals surface area contributed by atoms with E-state index in [1.165, 1.54) is 17.2 Å². The van der Waals surface area contributed by atoms with Gasteiger partial charge in [0.25, 0.3) is 5.91 Å². The van der Waals surface area contributed by atoms with Crippen LogP contribution in [0.5, 0.6) is 0 Å².